The predicted molar refractivity (Wildman–Crippen MR) is 102 cm³/mol. The van der Waals surface area contributed by atoms with E-state index in [2.05, 4.69) is 50.7 Å². The number of rotatable bonds is 6. The molecule has 1 fully saturated rings. The number of carbonyl (C=O) groups excluding carboxylic acids is 1. The van der Waals surface area contributed by atoms with Gasteiger partial charge in [-0.1, -0.05) is 30.3 Å². The lowest BCUT2D eigenvalue weighted by molar-refractivity contribution is -0.128. The van der Waals surface area contributed by atoms with Crippen LogP contribution >= 0.6 is 0 Å². The number of likely N-dealkylation sites (tertiary alicyclic amines) is 1. The highest BCUT2D eigenvalue weighted by Crippen LogP contribution is 2.21. The maximum absolute atomic E-state index is 12.1. The number of benzene rings is 1. The maximum atomic E-state index is 12.1. The van der Waals surface area contributed by atoms with Crippen molar-refractivity contribution < 1.29 is 4.79 Å². The lowest BCUT2D eigenvalue weighted by Gasteiger charge is -2.29. The van der Waals surface area contributed by atoms with Crippen molar-refractivity contribution in [2.75, 3.05) is 31.5 Å². The summed E-state index contributed by atoms with van der Waals surface area (Å²) in [6.45, 7) is 6.42. The number of anilines is 1. The summed E-state index contributed by atoms with van der Waals surface area (Å²) in [6.07, 6.45) is 1.67. The van der Waals surface area contributed by atoms with Crippen molar-refractivity contribution in [1.29, 1.82) is 0 Å². The molecule has 0 saturated carbocycles. The van der Waals surface area contributed by atoms with E-state index in [1.54, 1.807) is 0 Å². The van der Waals surface area contributed by atoms with Gasteiger partial charge < -0.3 is 15.5 Å². The summed E-state index contributed by atoms with van der Waals surface area (Å²) in [7, 11) is 0. The molecule has 0 radical (unpaired) electrons. The van der Waals surface area contributed by atoms with E-state index in [0.717, 1.165) is 50.7 Å². The second kappa shape index (κ2) is 7.50. The zero-order valence-electron chi connectivity index (χ0n) is 15.3. The van der Waals surface area contributed by atoms with Crippen molar-refractivity contribution >= 4 is 11.7 Å². The standard InChI is InChI=1S/C20H27N5O/c1-15-10-19-22-12-16(13-25(19)23-15)11-21-18(17-6-3-2-4-7-17)14-24-9-5-8-20(24)26/h2-4,6-7,10,16,18,21-22H,5,8-9,11-14H2,1H3. The molecule has 3 heterocycles. The maximum Gasteiger partial charge on any atom is 0.222 e. The van der Waals surface area contributed by atoms with Crippen molar-refractivity contribution in [3.05, 3.63) is 47.7 Å². The van der Waals surface area contributed by atoms with Gasteiger partial charge in [0.1, 0.15) is 5.82 Å². The summed E-state index contributed by atoms with van der Waals surface area (Å²) in [5.41, 5.74) is 2.29. The Balaban J connectivity index is 1.41. The molecule has 2 atom stereocenters. The first-order valence-electron chi connectivity index (χ1n) is 9.53. The molecule has 2 aromatic rings. The molecule has 1 aromatic heterocycles. The topological polar surface area (TPSA) is 62.2 Å². The Morgan fingerprint density at radius 2 is 2.19 bits per heavy atom. The lowest BCUT2D eigenvalue weighted by atomic mass is 10.0. The second-order valence-corrected chi connectivity index (χ2v) is 7.41. The molecule has 138 valence electrons. The number of aromatic nitrogens is 2. The Hall–Kier alpha value is -2.34. The Morgan fingerprint density at radius 3 is 2.96 bits per heavy atom. The van der Waals surface area contributed by atoms with Gasteiger partial charge in [-0.05, 0) is 18.9 Å². The van der Waals surface area contributed by atoms with Gasteiger partial charge in [0.05, 0.1) is 5.69 Å². The Labute approximate surface area is 154 Å². The minimum absolute atomic E-state index is 0.166. The molecule has 1 amide bonds. The molecule has 1 saturated heterocycles. The van der Waals surface area contributed by atoms with E-state index in [-0.39, 0.29) is 11.9 Å². The van der Waals surface area contributed by atoms with Crippen LogP contribution in [0.3, 0.4) is 0 Å². The van der Waals surface area contributed by atoms with Gasteiger partial charge in [-0.25, -0.2) is 4.68 Å². The number of hydrogen-bond acceptors (Lipinski definition) is 4. The van der Waals surface area contributed by atoms with Crippen molar-refractivity contribution in [2.24, 2.45) is 5.92 Å². The van der Waals surface area contributed by atoms with Gasteiger partial charge in [-0.3, -0.25) is 4.79 Å². The molecule has 6 nitrogen and oxygen atoms in total. The van der Waals surface area contributed by atoms with E-state index in [4.69, 9.17) is 0 Å². The Morgan fingerprint density at radius 1 is 1.35 bits per heavy atom. The number of amides is 1. The highest BCUT2D eigenvalue weighted by atomic mass is 16.2. The Bertz CT molecular complexity index is 757. The second-order valence-electron chi connectivity index (χ2n) is 7.41. The summed E-state index contributed by atoms with van der Waals surface area (Å²) in [6, 6.07) is 12.7. The molecule has 4 rings (SSSR count). The van der Waals surface area contributed by atoms with Crippen molar-refractivity contribution in [1.82, 2.24) is 20.0 Å². The van der Waals surface area contributed by atoms with E-state index in [1.165, 1.54) is 5.56 Å². The minimum Gasteiger partial charge on any atom is -0.370 e. The number of nitrogens with one attached hydrogen (secondary N) is 2. The molecular weight excluding hydrogens is 326 g/mol. The van der Waals surface area contributed by atoms with Crippen LogP contribution in [0.4, 0.5) is 5.82 Å². The highest BCUT2D eigenvalue weighted by molar-refractivity contribution is 5.78. The van der Waals surface area contributed by atoms with Gasteiger partial charge in [0.15, 0.2) is 0 Å². The molecule has 2 N–H and O–H groups in total. The highest BCUT2D eigenvalue weighted by Gasteiger charge is 2.25. The Kier molecular flexibility index (Phi) is 4.93. The van der Waals surface area contributed by atoms with Crippen LogP contribution in [0.1, 0.15) is 30.1 Å². The predicted octanol–water partition coefficient (Wildman–Crippen LogP) is 2.19. The van der Waals surface area contributed by atoms with Crippen LogP contribution in [0.15, 0.2) is 36.4 Å². The number of hydrogen-bond donors (Lipinski definition) is 2. The van der Waals surface area contributed by atoms with Gasteiger partial charge in [0.25, 0.3) is 0 Å². The lowest BCUT2D eigenvalue weighted by Crippen LogP contribution is -2.41. The van der Waals surface area contributed by atoms with Crippen molar-refractivity contribution in [2.45, 2.75) is 32.4 Å². The fraction of sp³-hybridized carbons (Fsp3) is 0.500. The largest absolute Gasteiger partial charge is 0.370 e. The van der Waals surface area contributed by atoms with Crippen molar-refractivity contribution in [3.8, 4) is 0 Å². The summed E-state index contributed by atoms with van der Waals surface area (Å²) in [5.74, 6) is 1.87. The molecule has 2 aliphatic heterocycles. The van der Waals surface area contributed by atoms with Crippen LogP contribution in [0.5, 0.6) is 0 Å². The normalized spacial score (nSPS) is 20.7. The molecule has 2 unspecified atom stereocenters. The van der Waals surface area contributed by atoms with Crippen molar-refractivity contribution in [3.63, 3.8) is 0 Å². The van der Waals surface area contributed by atoms with E-state index in [0.29, 0.717) is 12.3 Å². The summed E-state index contributed by atoms with van der Waals surface area (Å²) >= 11 is 0. The smallest absolute Gasteiger partial charge is 0.222 e. The van der Waals surface area contributed by atoms with Crippen LogP contribution < -0.4 is 10.6 Å². The third-order valence-corrected chi connectivity index (χ3v) is 5.33. The molecule has 0 bridgehead atoms. The zero-order chi connectivity index (χ0) is 17.9. The van der Waals surface area contributed by atoms with E-state index < -0.39 is 0 Å². The quantitative estimate of drug-likeness (QED) is 0.836. The molecular formula is C20H27N5O. The molecule has 6 heteroatoms. The molecule has 0 aliphatic carbocycles. The van der Waals surface area contributed by atoms with Gasteiger partial charge in [-0.15, -0.1) is 0 Å². The average molecular weight is 353 g/mol. The van der Waals surface area contributed by atoms with Gasteiger partial charge >= 0.3 is 0 Å². The number of carbonyl (C=O) groups is 1. The summed E-state index contributed by atoms with van der Waals surface area (Å²) in [5, 5.41) is 11.7. The first-order valence-corrected chi connectivity index (χ1v) is 9.53. The van der Waals surface area contributed by atoms with Gasteiger partial charge in [0.2, 0.25) is 5.91 Å². The molecule has 26 heavy (non-hydrogen) atoms. The van der Waals surface area contributed by atoms with E-state index in [1.807, 2.05) is 17.9 Å². The zero-order valence-corrected chi connectivity index (χ0v) is 15.3. The monoisotopic (exact) mass is 353 g/mol. The van der Waals surface area contributed by atoms with Crippen LogP contribution in [0, 0.1) is 12.8 Å². The van der Waals surface area contributed by atoms with E-state index >= 15 is 0 Å². The first kappa shape index (κ1) is 17.1. The minimum atomic E-state index is 0.166. The molecule has 0 spiro atoms. The van der Waals surface area contributed by atoms with Crippen LogP contribution in [0.25, 0.3) is 0 Å². The molecule has 1 aromatic carbocycles. The number of fused-ring (bicyclic) bond motifs is 1. The van der Waals surface area contributed by atoms with Crippen LogP contribution in [-0.4, -0.2) is 46.8 Å². The van der Waals surface area contributed by atoms with Crippen LogP contribution in [-0.2, 0) is 11.3 Å². The average Bonchev–Trinajstić information content (AvgIpc) is 3.23. The fourth-order valence-corrected chi connectivity index (χ4v) is 3.92. The SMILES string of the molecule is Cc1cc2n(n1)CC(CNC(CN1CCCC1=O)c1ccccc1)CN2. The third kappa shape index (κ3) is 3.75. The number of nitrogens with zero attached hydrogens (tertiary/aromatic N) is 3. The van der Waals surface area contributed by atoms with Gasteiger partial charge in [0, 0.05) is 57.2 Å². The number of aryl methyl sites for hydroxylation is 1. The third-order valence-electron chi connectivity index (χ3n) is 5.33. The summed E-state index contributed by atoms with van der Waals surface area (Å²) < 4.78 is 2.06. The van der Waals surface area contributed by atoms with Crippen LogP contribution in [0.2, 0.25) is 0 Å². The molecule has 2 aliphatic rings. The fourth-order valence-electron chi connectivity index (χ4n) is 3.92. The van der Waals surface area contributed by atoms with E-state index in [9.17, 15) is 4.79 Å². The summed E-state index contributed by atoms with van der Waals surface area (Å²) in [4.78, 5) is 14.1. The van der Waals surface area contributed by atoms with Gasteiger partial charge in [-0.2, -0.15) is 5.10 Å². The first-order chi connectivity index (χ1) is 12.7.